The summed E-state index contributed by atoms with van der Waals surface area (Å²) in [5, 5.41) is 11.0. The largest absolute Gasteiger partial charge is 0.378 e. The van der Waals surface area contributed by atoms with Crippen LogP contribution in [0.3, 0.4) is 0 Å². The lowest BCUT2D eigenvalue weighted by atomic mass is 9.96. The van der Waals surface area contributed by atoms with Gasteiger partial charge in [-0.1, -0.05) is 41.6 Å². The van der Waals surface area contributed by atoms with Crippen LogP contribution in [0.15, 0.2) is 52.8 Å². The molecule has 1 aliphatic heterocycles. The van der Waals surface area contributed by atoms with Gasteiger partial charge in [0.05, 0.1) is 32.0 Å². The molecule has 2 aromatic carbocycles. The molecule has 1 saturated heterocycles. The number of morpholine rings is 1. The van der Waals surface area contributed by atoms with E-state index in [1.54, 1.807) is 0 Å². The molecule has 1 heterocycles. The van der Waals surface area contributed by atoms with Gasteiger partial charge in [-0.25, -0.2) is 0 Å². The van der Waals surface area contributed by atoms with Gasteiger partial charge in [0.25, 0.3) is 0 Å². The Kier molecular flexibility index (Phi) is 4.56. The molecule has 0 spiro atoms. The third-order valence-corrected chi connectivity index (χ3v) is 4.82. The van der Waals surface area contributed by atoms with Gasteiger partial charge in [-0.2, -0.15) is 0 Å². The third-order valence-electron chi connectivity index (χ3n) is 4.82. The molecule has 0 radical (unpaired) electrons. The quantitative estimate of drug-likeness (QED) is 0.787. The van der Waals surface area contributed by atoms with Gasteiger partial charge in [-0.3, -0.25) is 5.01 Å². The second kappa shape index (κ2) is 7.14. The van der Waals surface area contributed by atoms with Crippen LogP contribution in [0.5, 0.6) is 0 Å². The van der Waals surface area contributed by atoms with Gasteiger partial charge in [0.2, 0.25) is 0 Å². The van der Waals surface area contributed by atoms with Crippen molar-refractivity contribution in [3.05, 3.63) is 64.7 Å². The first kappa shape index (κ1) is 15.3. The fourth-order valence-corrected chi connectivity index (χ4v) is 3.26. The fraction of sp³-hybridized carbons (Fsp3) is 0.400. The zero-order chi connectivity index (χ0) is 16.2. The minimum Gasteiger partial charge on any atom is -0.378 e. The van der Waals surface area contributed by atoms with Crippen LogP contribution in [-0.2, 0) is 30.4 Å². The van der Waals surface area contributed by atoms with Crippen molar-refractivity contribution in [1.29, 1.82) is 0 Å². The van der Waals surface area contributed by atoms with E-state index in [0.29, 0.717) is 0 Å². The number of ether oxygens (including phenoxy) is 1. The van der Waals surface area contributed by atoms with Crippen molar-refractivity contribution < 1.29 is 4.74 Å². The van der Waals surface area contributed by atoms with Gasteiger partial charge in [-0.05, 0) is 54.0 Å². The second-order valence-corrected chi connectivity index (χ2v) is 6.54. The number of benzene rings is 2. The molecule has 0 atom stereocenters. The Morgan fingerprint density at radius 1 is 0.750 bits per heavy atom. The Hall–Kier alpha value is -2.20. The Balaban J connectivity index is 1.59. The molecule has 0 unspecified atom stereocenters. The molecule has 4 heteroatoms. The summed E-state index contributed by atoms with van der Waals surface area (Å²) < 4.78 is 5.37. The van der Waals surface area contributed by atoms with Gasteiger partial charge >= 0.3 is 0 Å². The molecule has 24 heavy (non-hydrogen) atoms. The summed E-state index contributed by atoms with van der Waals surface area (Å²) in [5.74, 6) is 0. The Labute approximate surface area is 143 Å². The molecule has 2 aromatic rings. The molecule has 7 rings (SSSR count). The maximum Gasteiger partial charge on any atom is 0.0908 e. The highest BCUT2D eigenvalue weighted by Gasteiger charge is 2.10. The summed E-state index contributed by atoms with van der Waals surface area (Å²) in [6, 6.07) is 15.8. The van der Waals surface area contributed by atoms with E-state index in [1.807, 2.05) is 5.01 Å². The molecule has 4 nitrogen and oxygen atoms in total. The van der Waals surface area contributed by atoms with E-state index < -0.39 is 0 Å². The zero-order valence-electron chi connectivity index (χ0n) is 13.9. The van der Waals surface area contributed by atoms with Crippen LogP contribution in [0.2, 0.25) is 0 Å². The van der Waals surface area contributed by atoms with Crippen molar-refractivity contribution >= 4 is 5.69 Å². The van der Waals surface area contributed by atoms with E-state index in [2.05, 4.69) is 52.8 Å². The molecule has 4 aliphatic carbocycles. The van der Waals surface area contributed by atoms with Gasteiger partial charge < -0.3 is 4.74 Å². The first-order valence-electron chi connectivity index (χ1n) is 8.81. The van der Waals surface area contributed by atoms with Crippen LogP contribution in [0.4, 0.5) is 5.69 Å². The lowest BCUT2D eigenvalue weighted by Crippen LogP contribution is -2.31. The number of nitrogens with zero attached hydrogens (tertiary/aromatic N) is 3. The molecule has 0 N–H and O–H groups in total. The molecule has 1 fully saturated rings. The molecule has 4 bridgehead atoms. The van der Waals surface area contributed by atoms with Crippen LogP contribution in [0.25, 0.3) is 0 Å². The predicted molar refractivity (Wildman–Crippen MR) is 94.6 cm³/mol. The van der Waals surface area contributed by atoms with Crippen molar-refractivity contribution in [1.82, 2.24) is 5.01 Å². The zero-order valence-corrected chi connectivity index (χ0v) is 13.9. The van der Waals surface area contributed by atoms with Crippen LogP contribution >= 0.6 is 0 Å². The lowest BCUT2D eigenvalue weighted by Gasteiger charge is -2.22. The molecule has 0 aromatic heterocycles. The maximum absolute atomic E-state index is 5.37. The molecule has 0 amide bonds. The van der Waals surface area contributed by atoms with Crippen LogP contribution < -0.4 is 0 Å². The second-order valence-electron chi connectivity index (χ2n) is 6.54. The van der Waals surface area contributed by atoms with Gasteiger partial charge in [0.1, 0.15) is 0 Å². The first-order chi connectivity index (χ1) is 11.9. The number of aryl methyl sites for hydroxylation is 4. The van der Waals surface area contributed by atoms with Crippen molar-refractivity contribution in [3.8, 4) is 0 Å². The average molecular weight is 321 g/mol. The predicted octanol–water partition coefficient (Wildman–Crippen LogP) is 3.90. The highest BCUT2D eigenvalue weighted by molar-refractivity contribution is 5.49. The van der Waals surface area contributed by atoms with Crippen molar-refractivity contribution in [2.24, 2.45) is 10.3 Å². The van der Waals surface area contributed by atoms with Crippen LogP contribution in [0, 0.1) is 0 Å². The number of rotatable bonds is 2. The molecule has 0 saturated carbocycles. The van der Waals surface area contributed by atoms with E-state index in [-0.39, 0.29) is 0 Å². The summed E-state index contributed by atoms with van der Waals surface area (Å²) >= 11 is 0. The summed E-state index contributed by atoms with van der Waals surface area (Å²) in [6.07, 6.45) is 4.15. The minimum atomic E-state index is 0.738. The van der Waals surface area contributed by atoms with Crippen molar-refractivity contribution in [2.45, 2.75) is 25.7 Å². The topological polar surface area (TPSA) is 37.2 Å². The SMILES string of the molecule is c1cc2ccc1CCc1ccc(c(N=NN3CCOCC3)c1)CC2. The summed E-state index contributed by atoms with van der Waals surface area (Å²) in [5.41, 5.74) is 6.42. The smallest absolute Gasteiger partial charge is 0.0908 e. The van der Waals surface area contributed by atoms with E-state index in [0.717, 1.165) is 57.7 Å². The first-order valence-corrected chi connectivity index (χ1v) is 8.81. The summed E-state index contributed by atoms with van der Waals surface area (Å²) in [6.45, 7) is 3.12. The van der Waals surface area contributed by atoms with Crippen LogP contribution in [-0.4, -0.2) is 31.3 Å². The maximum atomic E-state index is 5.37. The van der Waals surface area contributed by atoms with Crippen LogP contribution in [0.1, 0.15) is 22.3 Å². The minimum absolute atomic E-state index is 0.738. The molecular weight excluding hydrogens is 298 g/mol. The number of hydrogen-bond acceptors (Lipinski definition) is 3. The lowest BCUT2D eigenvalue weighted by molar-refractivity contribution is 0.0353. The normalized spacial score (nSPS) is 17.9. The van der Waals surface area contributed by atoms with E-state index in [1.165, 1.54) is 22.3 Å². The summed E-state index contributed by atoms with van der Waals surface area (Å²) in [4.78, 5) is 0. The molecule has 124 valence electrons. The highest BCUT2D eigenvalue weighted by Crippen LogP contribution is 2.25. The molecule has 5 aliphatic rings. The standard InChI is InChI=1S/C20H23N3O/c1-3-17-4-2-16(1)5-6-18-8-10-19(9-7-17)20(15-18)21-22-23-11-13-24-14-12-23/h1-4,8,10,15H,5-7,9,11-14H2. The Morgan fingerprint density at radius 3 is 2.12 bits per heavy atom. The Bertz CT molecular complexity index is 718. The number of hydrogen-bond donors (Lipinski definition) is 0. The van der Waals surface area contributed by atoms with E-state index in [4.69, 9.17) is 4.74 Å². The Morgan fingerprint density at radius 2 is 1.38 bits per heavy atom. The van der Waals surface area contributed by atoms with Gasteiger partial charge in [0.15, 0.2) is 0 Å². The van der Waals surface area contributed by atoms with Gasteiger partial charge in [0, 0.05) is 0 Å². The average Bonchev–Trinajstić information content (AvgIpc) is 2.63. The van der Waals surface area contributed by atoms with Crippen molar-refractivity contribution in [2.75, 3.05) is 26.3 Å². The third kappa shape index (κ3) is 3.65. The van der Waals surface area contributed by atoms with E-state index >= 15 is 0 Å². The highest BCUT2D eigenvalue weighted by atomic mass is 16.5. The summed E-state index contributed by atoms with van der Waals surface area (Å²) in [7, 11) is 0. The fourth-order valence-electron chi connectivity index (χ4n) is 3.26. The molecular formula is C20H23N3O. The van der Waals surface area contributed by atoms with E-state index in [9.17, 15) is 0 Å². The van der Waals surface area contributed by atoms with Crippen molar-refractivity contribution in [3.63, 3.8) is 0 Å². The monoisotopic (exact) mass is 321 g/mol. The van der Waals surface area contributed by atoms with Gasteiger partial charge in [-0.15, -0.1) is 5.11 Å².